The molecule has 1 amide bonds. The van der Waals surface area contributed by atoms with Gasteiger partial charge in [-0.05, 0) is 55.8 Å². The summed E-state index contributed by atoms with van der Waals surface area (Å²) < 4.78 is 2.31. The number of thioether (sulfide) groups is 1. The Balaban J connectivity index is 2.00. The smallest absolute Gasteiger partial charge is 0.276 e. The predicted molar refractivity (Wildman–Crippen MR) is 123 cm³/mol. The Kier molecular flexibility index (Phi) is 7.14. The van der Waals surface area contributed by atoms with Crippen LogP contribution in [-0.2, 0) is 4.79 Å². The number of rotatable bonds is 8. The van der Waals surface area contributed by atoms with E-state index >= 15 is 0 Å². The van der Waals surface area contributed by atoms with Crippen LogP contribution in [0.5, 0.6) is 0 Å². The molecule has 2 heterocycles. The molecule has 0 saturated heterocycles. The fourth-order valence-corrected chi connectivity index (χ4v) is 4.87. The third-order valence-corrected chi connectivity index (χ3v) is 6.92. The van der Waals surface area contributed by atoms with Gasteiger partial charge in [0.2, 0.25) is 5.91 Å². The van der Waals surface area contributed by atoms with E-state index in [0.717, 1.165) is 36.2 Å². The SMILES string of the molecule is CCCCN(CC)C(=O)CSc1nc2ccsc2c(=O)n1-c1cccc(C)c1C. The first kappa shape index (κ1) is 21.6. The molecule has 29 heavy (non-hydrogen) atoms. The minimum absolute atomic E-state index is 0.0769. The van der Waals surface area contributed by atoms with Crippen molar-refractivity contribution in [1.82, 2.24) is 14.5 Å². The van der Waals surface area contributed by atoms with Crippen LogP contribution in [0.2, 0.25) is 0 Å². The monoisotopic (exact) mass is 429 g/mol. The van der Waals surface area contributed by atoms with E-state index in [9.17, 15) is 9.59 Å². The normalized spacial score (nSPS) is 11.2. The van der Waals surface area contributed by atoms with Gasteiger partial charge in [-0.15, -0.1) is 11.3 Å². The molecule has 5 nitrogen and oxygen atoms in total. The van der Waals surface area contributed by atoms with Gasteiger partial charge in [-0.3, -0.25) is 14.2 Å². The standard InChI is InChI=1S/C22H27N3O2S2/c1-5-7-12-24(6-2)19(26)14-29-22-23-17-11-13-28-20(17)21(27)25(22)18-10-8-9-15(3)16(18)4/h8-11,13H,5-7,12,14H2,1-4H3. The van der Waals surface area contributed by atoms with Crippen LogP contribution in [0.1, 0.15) is 37.8 Å². The molecule has 0 unspecified atom stereocenters. The number of unbranched alkanes of at least 4 members (excludes halogenated alkanes) is 1. The number of hydrogen-bond donors (Lipinski definition) is 0. The van der Waals surface area contributed by atoms with Crippen molar-refractivity contribution in [3.8, 4) is 5.69 Å². The first-order valence-corrected chi connectivity index (χ1v) is 11.8. The molecule has 0 atom stereocenters. The maximum absolute atomic E-state index is 13.3. The van der Waals surface area contributed by atoms with Crippen LogP contribution in [-0.4, -0.2) is 39.2 Å². The number of aryl methyl sites for hydroxylation is 1. The van der Waals surface area contributed by atoms with Crippen LogP contribution < -0.4 is 5.56 Å². The van der Waals surface area contributed by atoms with E-state index in [2.05, 4.69) is 6.92 Å². The van der Waals surface area contributed by atoms with Gasteiger partial charge in [0.05, 0.1) is 17.0 Å². The van der Waals surface area contributed by atoms with Gasteiger partial charge < -0.3 is 4.90 Å². The molecule has 0 fully saturated rings. The lowest BCUT2D eigenvalue weighted by Gasteiger charge is -2.21. The second kappa shape index (κ2) is 9.59. The summed E-state index contributed by atoms with van der Waals surface area (Å²) in [6.07, 6.45) is 2.05. The molecule has 0 aliphatic heterocycles. The molecule has 0 spiro atoms. The van der Waals surface area contributed by atoms with E-state index in [1.807, 2.05) is 55.3 Å². The Labute approximate surface area is 179 Å². The fraction of sp³-hybridized carbons (Fsp3) is 0.409. The van der Waals surface area contributed by atoms with Crippen molar-refractivity contribution in [2.75, 3.05) is 18.8 Å². The van der Waals surface area contributed by atoms with Crippen molar-refractivity contribution in [3.63, 3.8) is 0 Å². The van der Waals surface area contributed by atoms with E-state index in [0.29, 0.717) is 21.9 Å². The minimum Gasteiger partial charge on any atom is -0.342 e. The van der Waals surface area contributed by atoms with E-state index in [4.69, 9.17) is 4.98 Å². The van der Waals surface area contributed by atoms with Gasteiger partial charge >= 0.3 is 0 Å². The van der Waals surface area contributed by atoms with E-state index in [1.54, 1.807) is 4.57 Å². The fourth-order valence-electron chi connectivity index (χ4n) is 3.20. The third-order valence-electron chi connectivity index (χ3n) is 5.11. The number of benzene rings is 1. The third kappa shape index (κ3) is 4.56. The highest BCUT2D eigenvalue weighted by atomic mass is 32.2. The number of aromatic nitrogens is 2. The van der Waals surface area contributed by atoms with Gasteiger partial charge in [-0.2, -0.15) is 0 Å². The van der Waals surface area contributed by atoms with Crippen molar-refractivity contribution in [2.24, 2.45) is 0 Å². The van der Waals surface area contributed by atoms with Crippen LogP contribution in [0.4, 0.5) is 0 Å². The summed E-state index contributed by atoms with van der Waals surface area (Å²) >= 11 is 2.74. The molecular formula is C22H27N3O2S2. The molecule has 0 radical (unpaired) electrons. The number of carbonyl (C=O) groups excluding carboxylic acids is 1. The summed E-state index contributed by atoms with van der Waals surface area (Å²) in [4.78, 5) is 32.6. The van der Waals surface area contributed by atoms with Crippen LogP contribution in [0.25, 0.3) is 15.9 Å². The van der Waals surface area contributed by atoms with Crippen LogP contribution in [0.3, 0.4) is 0 Å². The van der Waals surface area contributed by atoms with Crippen molar-refractivity contribution >= 4 is 39.2 Å². The molecule has 0 aliphatic rings. The first-order valence-electron chi connectivity index (χ1n) is 9.95. The maximum atomic E-state index is 13.3. The molecule has 1 aromatic carbocycles. The summed E-state index contributed by atoms with van der Waals surface area (Å²) in [5.41, 5.74) is 3.59. The molecular weight excluding hydrogens is 402 g/mol. The number of fused-ring (bicyclic) bond motifs is 1. The van der Waals surface area contributed by atoms with Crippen molar-refractivity contribution in [1.29, 1.82) is 0 Å². The highest BCUT2D eigenvalue weighted by molar-refractivity contribution is 7.99. The summed E-state index contributed by atoms with van der Waals surface area (Å²) in [6, 6.07) is 7.78. The molecule has 3 rings (SSSR count). The average molecular weight is 430 g/mol. The molecule has 154 valence electrons. The van der Waals surface area contributed by atoms with Gasteiger partial charge in [-0.25, -0.2) is 4.98 Å². The van der Waals surface area contributed by atoms with Gasteiger partial charge in [0.1, 0.15) is 4.70 Å². The molecule has 0 saturated carbocycles. The Morgan fingerprint density at radius 2 is 2.03 bits per heavy atom. The average Bonchev–Trinajstić information content (AvgIpc) is 3.18. The topological polar surface area (TPSA) is 55.2 Å². The van der Waals surface area contributed by atoms with E-state index < -0.39 is 0 Å². The highest BCUT2D eigenvalue weighted by Gasteiger charge is 2.19. The molecule has 0 aliphatic carbocycles. The van der Waals surface area contributed by atoms with Crippen LogP contribution in [0.15, 0.2) is 39.6 Å². The summed E-state index contributed by atoms with van der Waals surface area (Å²) in [5, 5.41) is 2.45. The number of nitrogens with zero attached hydrogens (tertiary/aromatic N) is 3. The Bertz CT molecular complexity index is 1070. The highest BCUT2D eigenvalue weighted by Crippen LogP contribution is 2.26. The van der Waals surface area contributed by atoms with Gasteiger partial charge in [0, 0.05) is 13.1 Å². The van der Waals surface area contributed by atoms with E-state index in [-0.39, 0.29) is 17.2 Å². The lowest BCUT2D eigenvalue weighted by atomic mass is 10.1. The first-order chi connectivity index (χ1) is 14.0. The molecule has 0 bridgehead atoms. The molecule has 3 aromatic rings. The zero-order valence-corrected chi connectivity index (χ0v) is 19.0. The summed E-state index contributed by atoms with van der Waals surface area (Å²) in [6.45, 7) is 9.63. The minimum atomic E-state index is -0.0769. The van der Waals surface area contributed by atoms with Crippen LogP contribution >= 0.6 is 23.1 Å². The summed E-state index contributed by atoms with van der Waals surface area (Å²) in [5.74, 6) is 0.350. The zero-order valence-electron chi connectivity index (χ0n) is 17.4. The number of amides is 1. The van der Waals surface area contributed by atoms with Gasteiger partial charge in [0.15, 0.2) is 5.16 Å². The summed E-state index contributed by atoms with van der Waals surface area (Å²) in [7, 11) is 0. The lowest BCUT2D eigenvalue weighted by molar-refractivity contribution is -0.128. The predicted octanol–water partition coefficient (Wildman–Crippen LogP) is 4.80. The van der Waals surface area contributed by atoms with E-state index in [1.165, 1.54) is 23.1 Å². The largest absolute Gasteiger partial charge is 0.342 e. The second-order valence-corrected chi connectivity index (χ2v) is 8.86. The lowest BCUT2D eigenvalue weighted by Crippen LogP contribution is -2.33. The van der Waals surface area contributed by atoms with Crippen molar-refractivity contribution in [2.45, 2.75) is 45.7 Å². The van der Waals surface area contributed by atoms with Crippen LogP contribution in [0, 0.1) is 13.8 Å². The number of hydrogen-bond acceptors (Lipinski definition) is 5. The maximum Gasteiger partial charge on any atom is 0.276 e. The quantitative estimate of drug-likeness (QED) is 0.381. The Morgan fingerprint density at radius 1 is 1.24 bits per heavy atom. The number of carbonyl (C=O) groups is 1. The molecule has 0 N–H and O–H groups in total. The Morgan fingerprint density at radius 3 is 2.76 bits per heavy atom. The second-order valence-electron chi connectivity index (χ2n) is 7.00. The van der Waals surface area contributed by atoms with Gasteiger partial charge in [0.25, 0.3) is 5.56 Å². The number of thiophene rings is 1. The molecule has 7 heteroatoms. The van der Waals surface area contributed by atoms with Crippen molar-refractivity contribution < 1.29 is 4.79 Å². The van der Waals surface area contributed by atoms with Crippen molar-refractivity contribution in [3.05, 3.63) is 51.1 Å². The zero-order chi connectivity index (χ0) is 21.0. The molecule has 2 aromatic heterocycles. The Hall–Kier alpha value is -2.12. The van der Waals surface area contributed by atoms with Gasteiger partial charge in [-0.1, -0.05) is 37.2 Å².